The number of nitrogen functional groups attached to an aromatic ring is 1. The van der Waals surface area contributed by atoms with Crippen LogP contribution in [-0.2, 0) is 6.54 Å². The molecule has 0 spiro atoms. The van der Waals surface area contributed by atoms with E-state index >= 15 is 0 Å². The Morgan fingerprint density at radius 3 is 2.90 bits per heavy atom. The second kappa shape index (κ2) is 4.96. The first-order valence-electron chi connectivity index (χ1n) is 6.66. The van der Waals surface area contributed by atoms with E-state index in [4.69, 9.17) is 5.73 Å². The zero-order chi connectivity index (χ0) is 14.1. The molecule has 3 rings (SSSR count). The number of carbonyl (C=O) groups excluding carboxylic acids is 1. The molecule has 1 aliphatic carbocycles. The zero-order valence-corrected chi connectivity index (χ0v) is 11.3. The van der Waals surface area contributed by atoms with Crippen molar-refractivity contribution in [3.63, 3.8) is 0 Å². The molecule has 2 aromatic rings. The van der Waals surface area contributed by atoms with Crippen LogP contribution in [0, 0.1) is 6.92 Å². The summed E-state index contributed by atoms with van der Waals surface area (Å²) in [5, 5.41) is 2.85. The van der Waals surface area contributed by atoms with Gasteiger partial charge < -0.3 is 15.6 Å². The van der Waals surface area contributed by atoms with Gasteiger partial charge in [0.15, 0.2) is 0 Å². The van der Waals surface area contributed by atoms with Crippen LogP contribution in [0.15, 0.2) is 24.7 Å². The van der Waals surface area contributed by atoms with E-state index < -0.39 is 0 Å². The molecule has 1 fully saturated rings. The minimum atomic E-state index is -0.129. The number of hydrogen-bond donors (Lipinski definition) is 2. The third-order valence-electron chi connectivity index (χ3n) is 3.31. The van der Waals surface area contributed by atoms with E-state index in [2.05, 4.69) is 15.3 Å². The maximum Gasteiger partial charge on any atom is 0.268 e. The molecule has 2 aromatic heterocycles. The Morgan fingerprint density at radius 1 is 1.45 bits per heavy atom. The molecule has 20 heavy (non-hydrogen) atoms. The summed E-state index contributed by atoms with van der Waals surface area (Å²) in [6, 6.07) is 2.14. The van der Waals surface area contributed by atoms with Gasteiger partial charge in [-0.25, -0.2) is 0 Å². The lowest BCUT2D eigenvalue weighted by Gasteiger charge is -2.08. The summed E-state index contributed by atoms with van der Waals surface area (Å²) in [6.07, 6.45) is 7.41. The molecule has 0 aromatic carbocycles. The van der Waals surface area contributed by atoms with Gasteiger partial charge in [-0.2, -0.15) is 0 Å². The fourth-order valence-electron chi connectivity index (χ4n) is 2.11. The van der Waals surface area contributed by atoms with Crippen molar-refractivity contribution in [1.82, 2.24) is 19.9 Å². The lowest BCUT2D eigenvalue weighted by atomic mass is 10.3. The van der Waals surface area contributed by atoms with Crippen LogP contribution < -0.4 is 11.1 Å². The maximum absolute atomic E-state index is 12.2. The summed E-state index contributed by atoms with van der Waals surface area (Å²) in [7, 11) is 0. The number of amides is 1. The Balaban J connectivity index is 1.68. The lowest BCUT2D eigenvalue weighted by molar-refractivity contribution is 0.0941. The van der Waals surface area contributed by atoms with Crippen molar-refractivity contribution in [1.29, 1.82) is 0 Å². The molecule has 1 saturated carbocycles. The lowest BCUT2D eigenvalue weighted by Crippen LogP contribution is -2.25. The Labute approximate surface area is 117 Å². The highest BCUT2D eigenvalue weighted by atomic mass is 16.1. The Bertz CT molecular complexity index is 628. The van der Waals surface area contributed by atoms with Gasteiger partial charge in [0.1, 0.15) is 5.69 Å². The number of hydrogen-bond acceptors (Lipinski definition) is 4. The van der Waals surface area contributed by atoms with Gasteiger partial charge in [0, 0.05) is 18.4 Å². The molecule has 0 unspecified atom stereocenters. The average Bonchev–Trinajstić information content (AvgIpc) is 3.20. The van der Waals surface area contributed by atoms with E-state index in [9.17, 15) is 4.79 Å². The van der Waals surface area contributed by atoms with Crippen molar-refractivity contribution in [2.75, 3.05) is 5.73 Å². The summed E-state index contributed by atoms with van der Waals surface area (Å²) >= 11 is 0. The second-order valence-corrected chi connectivity index (χ2v) is 5.13. The molecule has 3 N–H and O–H groups in total. The van der Waals surface area contributed by atoms with Crippen LogP contribution in [0.5, 0.6) is 0 Å². The van der Waals surface area contributed by atoms with Gasteiger partial charge in [-0.05, 0) is 25.8 Å². The summed E-state index contributed by atoms with van der Waals surface area (Å²) in [5.41, 5.74) is 8.62. The first-order chi connectivity index (χ1) is 9.63. The number of anilines is 1. The molecular formula is C14H17N5O. The molecule has 0 radical (unpaired) electrons. The van der Waals surface area contributed by atoms with E-state index in [0.717, 1.165) is 24.2 Å². The number of aryl methyl sites for hydroxylation is 1. The minimum Gasteiger partial charge on any atom is -0.397 e. The highest BCUT2D eigenvalue weighted by molar-refractivity contribution is 5.93. The molecule has 104 valence electrons. The van der Waals surface area contributed by atoms with Crippen molar-refractivity contribution in [3.8, 4) is 0 Å². The summed E-state index contributed by atoms with van der Waals surface area (Å²) in [4.78, 5) is 20.6. The normalized spacial score (nSPS) is 14.2. The smallest absolute Gasteiger partial charge is 0.268 e. The summed E-state index contributed by atoms with van der Waals surface area (Å²) < 4.78 is 1.96. The fraction of sp³-hybridized carbons (Fsp3) is 0.357. The van der Waals surface area contributed by atoms with Gasteiger partial charge in [-0.1, -0.05) is 0 Å². The summed E-state index contributed by atoms with van der Waals surface area (Å²) in [6.45, 7) is 2.24. The largest absolute Gasteiger partial charge is 0.397 e. The van der Waals surface area contributed by atoms with Gasteiger partial charge in [0.05, 0.1) is 29.8 Å². The van der Waals surface area contributed by atoms with Crippen LogP contribution >= 0.6 is 0 Å². The molecule has 0 atom stereocenters. The van der Waals surface area contributed by atoms with Gasteiger partial charge in [0.25, 0.3) is 5.91 Å². The van der Waals surface area contributed by atoms with E-state index in [1.54, 1.807) is 18.5 Å². The van der Waals surface area contributed by atoms with Gasteiger partial charge >= 0.3 is 0 Å². The standard InChI is InChI=1S/C14H17N5O/c1-9-5-17-11(6-16-9)7-18-14(20)13-4-10(15)8-19(13)12-2-3-12/h4-6,8,12H,2-3,7,15H2,1H3,(H,18,20). The molecule has 0 bridgehead atoms. The molecule has 0 saturated heterocycles. The van der Waals surface area contributed by atoms with E-state index in [0.29, 0.717) is 24.0 Å². The maximum atomic E-state index is 12.2. The fourth-order valence-corrected chi connectivity index (χ4v) is 2.11. The van der Waals surface area contributed by atoms with Gasteiger partial charge in [0.2, 0.25) is 0 Å². The van der Waals surface area contributed by atoms with Crippen LogP contribution in [-0.4, -0.2) is 20.4 Å². The first-order valence-corrected chi connectivity index (χ1v) is 6.66. The molecular weight excluding hydrogens is 254 g/mol. The van der Waals surface area contributed by atoms with Crippen LogP contribution in [0.3, 0.4) is 0 Å². The quantitative estimate of drug-likeness (QED) is 0.881. The van der Waals surface area contributed by atoms with Gasteiger partial charge in [-0.3, -0.25) is 14.8 Å². The van der Waals surface area contributed by atoms with Gasteiger partial charge in [-0.15, -0.1) is 0 Å². The average molecular weight is 271 g/mol. The third kappa shape index (κ3) is 2.64. The number of nitrogens with zero attached hydrogens (tertiary/aromatic N) is 3. The molecule has 6 heteroatoms. The first kappa shape index (κ1) is 12.7. The third-order valence-corrected chi connectivity index (χ3v) is 3.31. The number of rotatable bonds is 4. The number of nitrogens with two attached hydrogens (primary N) is 1. The van der Waals surface area contributed by atoms with E-state index in [1.807, 2.05) is 17.7 Å². The number of aromatic nitrogens is 3. The highest BCUT2D eigenvalue weighted by Gasteiger charge is 2.27. The van der Waals surface area contributed by atoms with Crippen molar-refractivity contribution >= 4 is 11.6 Å². The van der Waals surface area contributed by atoms with Crippen molar-refractivity contribution in [3.05, 3.63) is 41.7 Å². The highest BCUT2D eigenvalue weighted by Crippen LogP contribution is 2.37. The summed E-state index contributed by atoms with van der Waals surface area (Å²) in [5.74, 6) is -0.129. The number of carbonyl (C=O) groups is 1. The Kier molecular flexibility index (Phi) is 3.14. The van der Waals surface area contributed by atoms with E-state index in [-0.39, 0.29) is 5.91 Å². The second-order valence-electron chi connectivity index (χ2n) is 5.13. The molecule has 0 aliphatic heterocycles. The SMILES string of the molecule is Cc1cnc(CNC(=O)c2cc(N)cn2C2CC2)cn1. The topological polar surface area (TPSA) is 85.8 Å². The monoisotopic (exact) mass is 271 g/mol. The van der Waals surface area contributed by atoms with E-state index in [1.165, 1.54) is 0 Å². The van der Waals surface area contributed by atoms with Crippen LogP contribution in [0.1, 0.15) is 40.8 Å². The molecule has 6 nitrogen and oxygen atoms in total. The minimum absolute atomic E-state index is 0.129. The molecule has 1 aliphatic rings. The van der Waals surface area contributed by atoms with Crippen molar-refractivity contribution < 1.29 is 4.79 Å². The molecule has 1 amide bonds. The van der Waals surface area contributed by atoms with Crippen LogP contribution in [0.25, 0.3) is 0 Å². The predicted octanol–water partition coefficient (Wildman–Crippen LogP) is 1.43. The van der Waals surface area contributed by atoms with Crippen molar-refractivity contribution in [2.45, 2.75) is 32.4 Å². The van der Waals surface area contributed by atoms with Crippen LogP contribution in [0.4, 0.5) is 5.69 Å². The number of nitrogens with one attached hydrogen (secondary N) is 1. The van der Waals surface area contributed by atoms with Crippen molar-refractivity contribution in [2.24, 2.45) is 0 Å². The Hall–Kier alpha value is -2.37. The molecule has 2 heterocycles. The Morgan fingerprint density at radius 2 is 2.25 bits per heavy atom. The zero-order valence-electron chi connectivity index (χ0n) is 11.3. The predicted molar refractivity (Wildman–Crippen MR) is 75.1 cm³/mol. The van der Waals surface area contributed by atoms with Crippen LogP contribution in [0.2, 0.25) is 0 Å².